The lowest BCUT2D eigenvalue weighted by Crippen LogP contribution is -2.15. The first-order chi connectivity index (χ1) is 12.8. The summed E-state index contributed by atoms with van der Waals surface area (Å²) in [4.78, 5) is 41.3. The number of halogens is 1. The number of hydrogen-bond donors (Lipinski definition) is 1. The molecule has 138 valence electrons. The van der Waals surface area contributed by atoms with Gasteiger partial charge in [0.1, 0.15) is 0 Å². The Labute approximate surface area is 154 Å². The first-order valence-corrected chi connectivity index (χ1v) is 7.37. The van der Waals surface area contributed by atoms with E-state index in [1.165, 1.54) is 42.5 Å². The first-order valence-electron chi connectivity index (χ1n) is 6.99. The Hall–Kier alpha value is -3.93. The Bertz CT molecular complexity index is 1030. The topological polar surface area (TPSA) is 167 Å². The standard InChI is InChI=1S/C7H4ClNO3.C7H5N5O3/c8-7(10)5-2-1-3-6(4-5)9(11)12;13-7-8-9-10-11(7)5-2-1-3-6(4-5)12(14)15/h1-4H;1-4H,(H,8,10,13). The number of aromatic nitrogens is 4. The fourth-order valence-corrected chi connectivity index (χ4v) is 1.96. The first kappa shape index (κ1) is 19.4. The van der Waals surface area contributed by atoms with E-state index in [1.54, 1.807) is 0 Å². The van der Waals surface area contributed by atoms with Gasteiger partial charge in [-0.3, -0.25) is 25.0 Å². The summed E-state index contributed by atoms with van der Waals surface area (Å²) in [6.07, 6.45) is 0. The van der Waals surface area contributed by atoms with Crippen molar-refractivity contribution in [3.05, 3.63) is 84.8 Å². The minimum absolute atomic E-state index is 0.109. The molecule has 0 saturated heterocycles. The molecule has 0 aliphatic heterocycles. The molecule has 3 rings (SSSR count). The van der Waals surface area contributed by atoms with Gasteiger partial charge in [0.2, 0.25) is 0 Å². The number of carbonyl (C=O) groups excluding carboxylic acids is 1. The Morgan fingerprint density at radius 1 is 1.04 bits per heavy atom. The normalized spacial score (nSPS) is 9.81. The number of tetrazole rings is 1. The smallest absolute Gasteiger partial charge is 0.276 e. The van der Waals surface area contributed by atoms with Crippen LogP contribution >= 0.6 is 11.6 Å². The molecule has 1 aromatic heterocycles. The van der Waals surface area contributed by atoms with E-state index in [2.05, 4.69) is 15.5 Å². The number of hydrogen-bond acceptors (Lipinski definition) is 8. The summed E-state index contributed by atoms with van der Waals surface area (Å²) in [5, 5.41) is 28.8. The third kappa shape index (κ3) is 5.02. The number of non-ortho nitro benzene ring substituents is 2. The number of benzene rings is 2. The lowest BCUT2D eigenvalue weighted by molar-refractivity contribution is -0.385. The molecule has 1 N–H and O–H groups in total. The predicted molar refractivity (Wildman–Crippen MR) is 91.9 cm³/mol. The second-order valence-corrected chi connectivity index (χ2v) is 5.12. The van der Waals surface area contributed by atoms with Crippen LogP contribution in [0.1, 0.15) is 10.4 Å². The van der Waals surface area contributed by atoms with E-state index in [9.17, 15) is 29.8 Å². The molecule has 0 amide bonds. The molecular weight excluding hydrogens is 384 g/mol. The summed E-state index contributed by atoms with van der Waals surface area (Å²) < 4.78 is 0.938. The number of rotatable bonds is 4. The SMILES string of the molecule is O=C(Cl)c1cccc([N+](=O)[O-])c1.O=c1[nH]nnn1-c1cccc([N+](=O)[O-])c1. The van der Waals surface area contributed by atoms with Gasteiger partial charge in [-0.05, 0) is 34.2 Å². The van der Waals surface area contributed by atoms with Gasteiger partial charge < -0.3 is 0 Å². The fourth-order valence-electron chi connectivity index (χ4n) is 1.85. The van der Waals surface area contributed by atoms with Crippen LogP contribution in [0.25, 0.3) is 5.69 Å². The summed E-state index contributed by atoms with van der Waals surface area (Å²) in [5.41, 5.74) is -0.367. The second kappa shape index (κ2) is 8.44. The highest BCUT2D eigenvalue weighted by Crippen LogP contribution is 2.15. The van der Waals surface area contributed by atoms with Gasteiger partial charge in [-0.2, -0.15) is 4.68 Å². The third-order valence-corrected chi connectivity index (χ3v) is 3.26. The summed E-state index contributed by atoms with van der Waals surface area (Å²) in [6.45, 7) is 0. The molecule has 0 spiro atoms. The summed E-state index contributed by atoms with van der Waals surface area (Å²) in [6, 6.07) is 10.8. The average Bonchev–Trinajstić information content (AvgIpc) is 3.08. The third-order valence-electron chi connectivity index (χ3n) is 3.04. The molecule has 0 bridgehead atoms. The molecule has 0 aliphatic rings. The molecule has 1 heterocycles. The molecule has 0 saturated carbocycles. The summed E-state index contributed by atoms with van der Waals surface area (Å²) >= 11 is 5.12. The number of H-pyrrole nitrogens is 1. The van der Waals surface area contributed by atoms with E-state index in [0.717, 1.165) is 10.7 Å². The van der Waals surface area contributed by atoms with Crippen LogP contribution in [0.3, 0.4) is 0 Å². The monoisotopic (exact) mass is 392 g/mol. The van der Waals surface area contributed by atoms with E-state index >= 15 is 0 Å². The number of aromatic amines is 1. The minimum Gasteiger partial charge on any atom is -0.276 e. The maximum atomic E-state index is 11.1. The maximum Gasteiger partial charge on any atom is 0.365 e. The number of carbonyl (C=O) groups is 1. The zero-order valence-corrected chi connectivity index (χ0v) is 13.9. The van der Waals surface area contributed by atoms with Gasteiger partial charge in [0.15, 0.2) is 0 Å². The summed E-state index contributed by atoms with van der Waals surface area (Å²) in [5.74, 6) is 0. The van der Waals surface area contributed by atoms with Crippen LogP contribution in [-0.2, 0) is 0 Å². The van der Waals surface area contributed by atoms with E-state index in [0.29, 0.717) is 5.69 Å². The van der Waals surface area contributed by atoms with Crippen molar-refractivity contribution < 1.29 is 14.6 Å². The largest absolute Gasteiger partial charge is 0.365 e. The van der Waals surface area contributed by atoms with Gasteiger partial charge in [-0.15, -0.1) is 0 Å². The molecule has 27 heavy (non-hydrogen) atoms. The molecule has 0 aliphatic carbocycles. The van der Waals surface area contributed by atoms with Crippen LogP contribution in [0, 0.1) is 20.2 Å². The fraction of sp³-hybridized carbons (Fsp3) is 0. The van der Waals surface area contributed by atoms with Gasteiger partial charge in [-0.25, -0.2) is 9.89 Å². The van der Waals surface area contributed by atoms with Crippen molar-refractivity contribution in [3.63, 3.8) is 0 Å². The van der Waals surface area contributed by atoms with E-state index < -0.39 is 20.8 Å². The molecule has 2 aromatic carbocycles. The van der Waals surface area contributed by atoms with E-state index in [4.69, 9.17) is 11.6 Å². The van der Waals surface area contributed by atoms with Crippen LogP contribution in [0.4, 0.5) is 11.4 Å². The van der Waals surface area contributed by atoms with Gasteiger partial charge in [-0.1, -0.05) is 12.1 Å². The van der Waals surface area contributed by atoms with E-state index in [1.807, 2.05) is 0 Å². The van der Waals surface area contributed by atoms with Gasteiger partial charge in [0.05, 0.1) is 15.5 Å². The molecule has 12 nitrogen and oxygen atoms in total. The molecule has 0 fully saturated rings. The summed E-state index contributed by atoms with van der Waals surface area (Å²) in [7, 11) is 0. The van der Waals surface area contributed by atoms with Crippen molar-refractivity contribution >= 4 is 28.2 Å². The Morgan fingerprint density at radius 3 is 2.15 bits per heavy atom. The van der Waals surface area contributed by atoms with Crippen LogP contribution in [0.5, 0.6) is 0 Å². The van der Waals surface area contributed by atoms with Crippen LogP contribution in [0.15, 0.2) is 53.3 Å². The highest BCUT2D eigenvalue weighted by Gasteiger charge is 2.09. The molecule has 0 atom stereocenters. The quantitative estimate of drug-likeness (QED) is 0.398. The number of nitro groups is 2. The lowest BCUT2D eigenvalue weighted by atomic mass is 10.2. The van der Waals surface area contributed by atoms with Gasteiger partial charge >= 0.3 is 5.69 Å². The zero-order valence-electron chi connectivity index (χ0n) is 13.2. The molecule has 0 radical (unpaired) electrons. The average molecular weight is 393 g/mol. The predicted octanol–water partition coefficient (Wildman–Crippen LogP) is 1.84. The van der Waals surface area contributed by atoms with Gasteiger partial charge in [0.25, 0.3) is 16.6 Å². The van der Waals surface area contributed by atoms with Gasteiger partial charge in [0, 0.05) is 29.8 Å². The number of nitrogens with one attached hydrogen (secondary N) is 1. The Kier molecular flexibility index (Phi) is 6.06. The highest BCUT2D eigenvalue weighted by atomic mass is 35.5. The minimum atomic E-state index is -0.696. The lowest BCUT2D eigenvalue weighted by Gasteiger charge is -1.96. The van der Waals surface area contributed by atoms with Crippen molar-refractivity contribution in [1.29, 1.82) is 0 Å². The molecular formula is C14H9ClN6O6. The van der Waals surface area contributed by atoms with Crippen LogP contribution < -0.4 is 5.69 Å². The van der Waals surface area contributed by atoms with Crippen LogP contribution in [-0.4, -0.2) is 35.3 Å². The van der Waals surface area contributed by atoms with Crippen molar-refractivity contribution in [2.24, 2.45) is 0 Å². The second-order valence-electron chi connectivity index (χ2n) is 4.78. The van der Waals surface area contributed by atoms with Crippen molar-refractivity contribution in [3.8, 4) is 5.69 Å². The molecule has 0 unspecified atom stereocenters. The van der Waals surface area contributed by atoms with Crippen molar-refractivity contribution in [2.75, 3.05) is 0 Å². The molecule has 13 heteroatoms. The number of nitro benzene ring substituents is 2. The Morgan fingerprint density at radius 2 is 1.63 bits per heavy atom. The van der Waals surface area contributed by atoms with E-state index in [-0.39, 0.29) is 16.9 Å². The van der Waals surface area contributed by atoms with Crippen molar-refractivity contribution in [2.45, 2.75) is 0 Å². The van der Waals surface area contributed by atoms with Crippen molar-refractivity contribution in [1.82, 2.24) is 20.2 Å². The van der Waals surface area contributed by atoms with Crippen LogP contribution in [0.2, 0.25) is 0 Å². The zero-order chi connectivity index (χ0) is 20.0. The molecule has 3 aromatic rings. The Balaban J connectivity index is 0.000000199. The number of nitrogens with zero attached hydrogens (tertiary/aromatic N) is 5. The maximum absolute atomic E-state index is 11.1. The highest BCUT2D eigenvalue weighted by molar-refractivity contribution is 6.67.